The SMILES string of the molecule is C[C@@H]1C=CC[C@H](C(=O)O)[C@@]1(C)C(=O)O. The zero-order valence-electron chi connectivity index (χ0n) is 8.23. The molecule has 0 amide bonds. The molecule has 0 spiro atoms. The molecular weight excluding hydrogens is 184 g/mol. The third kappa shape index (κ3) is 1.41. The Labute approximate surface area is 82.2 Å². The Balaban J connectivity index is 3.13. The average Bonchev–Trinajstić information content (AvgIpc) is 2.08. The summed E-state index contributed by atoms with van der Waals surface area (Å²) in [4.78, 5) is 22.0. The van der Waals surface area contributed by atoms with Crippen molar-refractivity contribution in [2.24, 2.45) is 17.3 Å². The molecule has 0 heterocycles. The predicted molar refractivity (Wildman–Crippen MR) is 49.8 cm³/mol. The molecule has 0 bridgehead atoms. The molecule has 0 aliphatic heterocycles. The molecule has 0 aromatic heterocycles. The summed E-state index contributed by atoms with van der Waals surface area (Å²) in [6.45, 7) is 3.24. The Bertz CT molecular complexity index is 294. The van der Waals surface area contributed by atoms with Crippen molar-refractivity contribution in [3.8, 4) is 0 Å². The first-order chi connectivity index (χ1) is 6.40. The standard InChI is InChI=1S/C10H14O4/c1-6-4-3-5-7(8(11)12)10(6,2)9(13)14/h3-4,6-7H,5H2,1-2H3,(H,11,12)(H,13,14)/t6-,7-,10+/m1/s1. The van der Waals surface area contributed by atoms with E-state index in [1.807, 2.05) is 0 Å². The highest BCUT2D eigenvalue weighted by molar-refractivity contribution is 5.84. The van der Waals surface area contributed by atoms with Gasteiger partial charge in [0.1, 0.15) is 0 Å². The number of carbonyl (C=O) groups is 2. The maximum Gasteiger partial charge on any atom is 0.310 e. The average molecular weight is 198 g/mol. The van der Waals surface area contributed by atoms with E-state index in [4.69, 9.17) is 10.2 Å². The number of hydrogen-bond donors (Lipinski definition) is 2. The van der Waals surface area contributed by atoms with Crippen LogP contribution in [0.2, 0.25) is 0 Å². The van der Waals surface area contributed by atoms with Crippen molar-refractivity contribution in [2.45, 2.75) is 20.3 Å². The lowest BCUT2D eigenvalue weighted by atomic mass is 9.64. The van der Waals surface area contributed by atoms with E-state index < -0.39 is 23.3 Å². The third-order valence-electron chi connectivity index (χ3n) is 3.23. The quantitative estimate of drug-likeness (QED) is 0.657. The summed E-state index contributed by atoms with van der Waals surface area (Å²) in [5.41, 5.74) is -1.19. The number of rotatable bonds is 2. The Kier molecular flexibility index (Phi) is 2.64. The van der Waals surface area contributed by atoms with Gasteiger partial charge >= 0.3 is 11.9 Å². The van der Waals surface area contributed by atoms with Crippen LogP contribution in [0.15, 0.2) is 12.2 Å². The normalized spacial score (nSPS) is 36.7. The summed E-state index contributed by atoms with van der Waals surface area (Å²) >= 11 is 0. The topological polar surface area (TPSA) is 74.6 Å². The summed E-state index contributed by atoms with van der Waals surface area (Å²) in [6.07, 6.45) is 3.81. The van der Waals surface area contributed by atoms with Crippen LogP contribution in [0.3, 0.4) is 0 Å². The molecule has 0 aromatic carbocycles. The van der Waals surface area contributed by atoms with Gasteiger partial charge in [0.15, 0.2) is 0 Å². The van der Waals surface area contributed by atoms with Crippen molar-refractivity contribution < 1.29 is 19.8 Å². The molecule has 0 saturated heterocycles. The van der Waals surface area contributed by atoms with Gasteiger partial charge in [-0.25, -0.2) is 0 Å². The van der Waals surface area contributed by atoms with E-state index in [0.29, 0.717) is 6.42 Å². The minimum Gasteiger partial charge on any atom is -0.481 e. The van der Waals surface area contributed by atoms with E-state index in [-0.39, 0.29) is 5.92 Å². The molecule has 78 valence electrons. The summed E-state index contributed by atoms with van der Waals surface area (Å²) in [6, 6.07) is 0. The largest absolute Gasteiger partial charge is 0.481 e. The van der Waals surface area contributed by atoms with Gasteiger partial charge in [0.2, 0.25) is 0 Å². The fourth-order valence-corrected chi connectivity index (χ4v) is 1.88. The second-order valence-electron chi connectivity index (χ2n) is 3.93. The maximum absolute atomic E-state index is 11.1. The zero-order valence-corrected chi connectivity index (χ0v) is 8.23. The lowest BCUT2D eigenvalue weighted by Crippen LogP contribution is -2.45. The molecule has 4 heteroatoms. The van der Waals surface area contributed by atoms with Gasteiger partial charge in [-0.15, -0.1) is 0 Å². The lowest BCUT2D eigenvalue weighted by molar-refractivity contribution is -0.164. The van der Waals surface area contributed by atoms with Crippen molar-refractivity contribution >= 4 is 11.9 Å². The third-order valence-corrected chi connectivity index (χ3v) is 3.23. The molecule has 0 radical (unpaired) electrons. The Hall–Kier alpha value is -1.32. The van der Waals surface area contributed by atoms with Gasteiger partial charge in [0.05, 0.1) is 11.3 Å². The molecule has 4 nitrogen and oxygen atoms in total. The molecule has 0 aromatic rings. The highest BCUT2D eigenvalue weighted by atomic mass is 16.4. The molecule has 1 rings (SSSR count). The summed E-state index contributed by atoms with van der Waals surface area (Å²) in [7, 11) is 0. The van der Waals surface area contributed by atoms with E-state index in [0.717, 1.165) is 0 Å². The molecular formula is C10H14O4. The summed E-state index contributed by atoms with van der Waals surface area (Å²) < 4.78 is 0. The minimum atomic E-state index is -1.19. The Morgan fingerprint density at radius 2 is 2.00 bits per heavy atom. The molecule has 1 aliphatic rings. The fraction of sp³-hybridized carbons (Fsp3) is 0.600. The first-order valence-corrected chi connectivity index (χ1v) is 4.53. The van der Waals surface area contributed by atoms with Gasteiger partial charge < -0.3 is 10.2 Å². The number of hydrogen-bond acceptors (Lipinski definition) is 2. The van der Waals surface area contributed by atoms with Gasteiger partial charge in [-0.3, -0.25) is 9.59 Å². The molecule has 0 saturated carbocycles. The van der Waals surface area contributed by atoms with Gasteiger partial charge in [-0.2, -0.15) is 0 Å². The Morgan fingerprint density at radius 1 is 1.43 bits per heavy atom. The van der Waals surface area contributed by atoms with Crippen LogP contribution in [0, 0.1) is 17.3 Å². The molecule has 3 atom stereocenters. The van der Waals surface area contributed by atoms with E-state index in [2.05, 4.69) is 0 Å². The van der Waals surface area contributed by atoms with Crippen molar-refractivity contribution in [3.05, 3.63) is 12.2 Å². The molecule has 2 N–H and O–H groups in total. The Morgan fingerprint density at radius 3 is 2.36 bits per heavy atom. The number of aliphatic carboxylic acids is 2. The van der Waals surface area contributed by atoms with Crippen LogP contribution in [0.1, 0.15) is 20.3 Å². The molecule has 0 unspecified atom stereocenters. The van der Waals surface area contributed by atoms with Gasteiger partial charge in [-0.1, -0.05) is 19.1 Å². The van der Waals surface area contributed by atoms with Gasteiger partial charge in [-0.05, 0) is 19.3 Å². The van der Waals surface area contributed by atoms with Crippen molar-refractivity contribution in [1.29, 1.82) is 0 Å². The zero-order chi connectivity index (χ0) is 10.9. The van der Waals surface area contributed by atoms with Gasteiger partial charge in [0, 0.05) is 0 Å². The molecule has 0 fully saturated rings. The molecule has 1 aliphatic carbocycles. The van der Waals surface area contributed by atoms with Crippen LogP contribution in [0.4, 0.5) is 0 Å². The van der Waals surface area contributed by atoms with E-state index in [1.165, 1.54) is 6.92 Å². The van der Waals surface area contributed by atoms with E-state index >= 15 is 0 Å². The van der Waals surface area contributed by atoms with Crippen LogP contribution >= 0.6 is 0 Å². The monoisotopic (exact) mass is 198 g/mol. The van der Waals surface area contributed by atoms with Crippen LogP contribution in [-0.4, -0.2) is 22.2 Å². The van der Waals surface area contributed by atoms with E-state index in [9.17, 15) is 9.59 Å². The van der Waals surface area contributed by atoms with Crippen LogP contribution in [-0.2, 0) is 9.59 Å². The highest BCUT2D eigenvalue weighted by Gasteiger charge is 2.49. The second-order valence-corrected chi connectivity index (χ2v) is 3.93. The van der Waals surface area contributed by atoms with Crippen molar-refractivity contribution in [2.75, 3.05) is 0 Å². The van der Waals surface area contributed by atoms with Crippen LogP contribution in [0.25, 0.3) is 0 Å². The summed E-state index contributed by atoms with van der Waals surface area (Å²) in [5.74, 6) is -3.16. The minimum absolute atomic E-state index is 0.255. The van der Waals surface area contributed by atoms with Gasteiger partial charge in [0.25, 0.3) is 0 Å². The summed E-state index contributed by atoms with van der Waals surface area (Å²) in [5, 5.41) is 18.0. The van der Waals surface area contributed by atoms with Crippen molar-refractivity contribution in [3.63, 3.8) is 0 Å². The highest BCUT2D eigenvalue weighted by Crippen LogP contribution is 2.42. The number of allylic oxidation sites excluding steroid dienone is 2. The lowest BCUT2D eigenvalue weighted by Gasteiger charge is -2.37. The predicted octanol–water partition coefficient (Wildman–Crippen LogP) is 1.37. The van der Waals surface area contributed by atoms with Crippen LogP contribution in [0.5, 0.6) is 0 Å². The van der Waals surface area contributed by atoms with E-state index in [1.54, 1.807) is 19.1 Å². The maximum atomic E-state index is 11.1. The number of carboxylic acid groups (broad SMARTS) is 2. The molecule has 14 heavy (non-hydrogen) atoms. The smallest absolute Gasteiger partial charge is 0.310 e. The second kappa shape index (κ2) is 3.44. The van der Waals surface area contributed by atoms with Crippen LogP contribution < -0.4 is 0 Å². The van der Waals surface area contributed by atoms with Crippen molar-refractivity contribution in [1.82, 2.24) is 0 Å². The first kappa shape index (κ1) is 10.8. The fourth-order valence-electron chi connectivity index (χ4n) is 1.88. The number of carboxylic acids is 2. The first-order valence-electron chi connectivity index (χ1n) is 4.53.